The summed E-state index contributed by atoms with van der Waals surface area (Å²) in [4.78, 5) is 16.7. The summed E-state index contributed by atoms with van der Waals surface area (Å²) in [6.07, 6.45) is 4.31. The van der Waals surface area contributed by atoms with Crippen LogP contribution in [0.25, 0.3) is 0 Å². The van der Waals surface area contributed by atoms with Gasteiger partial charge in [0.2, 0.25) is 0 Å². The predicted molar refractivity (Wildman–Crippen MR) is 67.2 cm³/mol. The molecule has 1 aromatic rings. The molecular formula is C12H18N2O2S. The minimum atomic E-state index is -0.0890. The Morgan fingerprint density at radius 1 is 1.59 bits per heavy atom. The maximum Gasteiger partial charge on any atom is 0.263 e. The van der Waals surface area contributed by atoms with Crippen LogP contribution in [0.3, 0.4) is 0 Å². The summed E-state index contributed by atoms with van der Waals surface area (Å²) < 4.78 is 0. The molecule has 0 radical (unpaired) electrons. The van der Waals surface area contributed by atoms with Crippen molar-refractivity contribution in [3.8, 4) is 0 Å². The van der Waals surface area contributed by atoms with Crippen molar-refractivity contribution in [2.45, 2.75) is 32.6 Å². The van der Waals surface area contributed by atoms with Gasteiger partial charge in [-0.25, -0.2) is 4.98 Å². The van der Waals surface area contributed by atoms with Crippen molar-refractivity contribution in [3.63, 3.8) is 0 Å². The van der Waals surface area contributed by atoms with Crippen molar-refractivity contribution in [1.82, 2.24) is 10.3 Å². The number of aliphatic hydroxyl groups is 1. The van der Waals surface area contributed by atoms with Crippen LogP contribution >= 0.6 is 11.3 Å². The van der Waals surface area contributed by atoms with Gasteiger partial charge in [0.25, 0.3) is 5.91 Å². The molecule has 5 heteroatoms. The molecular weight excluding hydrogens is 236 g/mol. The van der Waals surface area contributed by atoms with E-state index in [2.05, 4.69) is 10.3 Å². The Morgan fingerprint density at radius 2 is 2.29 bits per heavy atom. The molecule has 0 unspecified atom stereocenters. The lowest BCUT2D eigenvalue weighted by Gasteiger charge is -2.26. The molecule has 1 aliphatic carbocycles. The van der Waals surface area contributed by atoms with Gasteiger partial charge in [-0.05, 0) is 19.8 Å². The Kier molecular flexibility index (Phi) is 3.79. The smallest absolute Gasteiger partial charge is 0.263 e. The highest BCUT2D eigenvalue weighted by molar-refractivity contribution is 7.11. The number of nitrogens with zero attached hydrogens (tertiary/aromatic N) is 1. The fourth-order valence-electron chi connectivity index (χ4n) is 2.38. The molecule has 4 nitrogen and oxygen atoms in total. The lowest BCUT2D eigenvalue weighted by molar-refractivity contribution is 0.0883. The molecule has 0 saturated heterocycles. The molecule has 1 aliphatic rings. The molecule has 0 bridgehead atoms. The number of rotatable bonds is 4. The zero-order chi connectivity index (χ0) is 12.3. The number of hydrogen-bond acceptors (Lipinski definition) is 4. The number of aryl methyl sites for hydroxylation is 1. The quantitative estimate of drug-likeness (QED) is 0.860. The van der Waals surface area contributed by atoms with Crippen LogP contribution in [0.1, 0.15) is 41.0 Å². The first-order valence-corrected chi connectivity index (χ1v) is 6.84. The van der Waals surface area contributed by atoms with E-state index in [-0.39, 0.29) is 17.9 Å². The van der Waals surface area contributed by atoms with E-state index in [9.17, 15) is 9.90 Å². The van der Waals surface area contributed by atoms with Gasteiger partial charge in [0.05, 0.1) is 17.8 Å². The zero-order valence-corrected chi connectivity index (χ0v) is 10.8. The Labute approximate surface area is 105 Å². The van der Waals surface area contributed by atoms with Gasteiger partial charge in [-0.15, -0.1) is 11.3 Å². The third-order valence-corrected chi connectivity index (χ3v) is 4.50. The molecule has 0 aromatic carbocycles. The molecule has 1 saturated carbocycles. The molecule has 94 valence electrons. The number of aliphatic hydroxyl groups excluding tert-OH is 1. The summed E-state index contributed by atoms with van der Waals surface area (Å²) in [6, 6.07) is 0. The molecule has 1 aromatic heterocycles. The van der Waals surface area contributed by atoms with Crippen LogP contribution in [0.4, 0.5) is 0 Å². The van der Waals surface area contributed by atoms with Crippen molar-refractivity contribution < 1.29 is 9.90 Å². The fourth-order valence-corrected chi connectivity index (χ4v) is 3.10. The van der Waals surface area contributed by atoms with Gasteiger partial charge in [0.1, 0.15) is 4.88 Å². The van der Waals surface area contributed by atoms with E-state index in [1.807, 2.05) is 6.92 Å². The topological polar surface area (TPSA) is 62.2 Å². The highest BCUT2D eigenvalue weighted by atomic mass is 32.1. The molecule has 1 fully saturated rings. The number of aromatic nitrogens is 1. The minimum Gasteiger partial charge on any atom is -0.396 e. The SMILES string of the molecule is Cc1ncsc1C(=O)NCC1(CO)CCCC1. The number of amides is 1. The van der Waals surface area contributed by atoms with Crippen LogP contribution in [0.5, 0.6) is 0 Å². The first-order chi connectivity index (χ1) is 8.17. The summed E-state index contributed by atoms with van der Waals surface area (Å²) in [5, 5.41) is 12.4. The van der Waals surface area contributed by atoms with E-state index in [1.165, 1.54) is 11.3 Å². The van der Waals surface area contributed by atoms with E-state index in [1.54, 1.807) is 5.51 Å². The van der Waals surface area contributed by atoms with Crippen molar-refractivity contribution in [2.75, 3.05) is 13.2 Å². The van der Waals surface area contributed by atoms with Crippen LogP contribution in [-0.2, 0) is 0 Å². The zero-order valence-electron chi connectivity index (χ0n) is 10.0. The Balaban J connectivity index is 1.94. The molecule has 0 spiro atoms. The Bertz CT molecular complexity index is 397. The van der Waals surface area contributed by atoms with E-state index in [0.29, 0.717) is 11.4 Å². The second-order valence-electron chi connectivity index (χ2n) is 4.81. The standard InChI is InChI=1S/C12H18N2O2S/c1-9-10(17-8-14-9)11(16)13-6-12(7-15)4-2-3-5-12/h8,15H,2-7H2,1H3,(H,13,16). The summed E-state index contributed by atoms with van der Waals surface area (Å²) in [5.74, 6) is -0.0651. The molecule has 2 N–H and O–H groups in total. The highest BCUT2D eigenvalue weighted by Crippen LogP contribution is 2.36. The van der Waals surface area contributed by atoms with Gasteiger partial charge >= 0.3 is 0 Å². The van der Waals surface area contributed by atoms with Gasteiger partial charge in [-0.2, -0.15) is 0 Å². The van der Waals surface area contributed by atoms with Gasteiger partial charge in [-0.3, -0.25) is 4.79 Å². The first-order valence-electron chi connectivity index (χ1n) is 5.96. The van der Waals surface area contributed by atoms with Crippen molar-refractivity contribution in [3.05, 3.63) is 16.1 Å². The van der Waals surface area contributed by atoms with Gasteiger partial charge < -0.3 is 10.4 Å². The maximum absolute atomic E-state index is 11.9. The summed E-state index contributed by atoms with van der Waals surface area (Å²) in [7, 11) is 0. The Hall–Kier alpha value is -0.940. The van der Waals surface area contributed by atoms with Gasteiger partial charge in [0.15, 0.2) is 0 Å². The molecule has 2 rings (SSSR count). The number of nitrogens with one attached hydrogen (secondary N) is 1. The molecule has 17 heavy (non-hydrogen) atoms. The lowest BCUT2D eigenvalue weighted by Crippen LogP contribution is -2.38. The number of thiazole rings is 1. The number of hydrogen-bond donors (Lipinski definition) is 2. The summed E-state index contributed by atoms with van der Waals surface area (Å²) >= 11 is 1.36. The van der Waals surface area contributed by atoms with Crippen LogP contribution < -0.4 is 5.32 Å². The normalized spacial score (nSPS) is 18.2. The first kappa shape index (κ1) is 12.5. The average molecular weight is 254 g/mol. The van der Waals surface area contributed by atoms with E-state index in [4.69, 9.17) is 0 Å². The van der Waals surface area contributed by atoms with Gasteiger partial charge in [-0.1, -0.05) is 12.8 Å². The van der Waals surface area contributed by atoms with Crippen molar-refractivity contribution in [2.24, 2.45) is 5.41 Å². The van der Waals surface area contributed by atoms with Crippen LogP contribution in [0.15, 0.2) is 5.51 Å². The minimum absolute atomic E-state index is 0.0651. The highest BCUT2D eigenvalue weighted by Gasteiger charge is 2.33. The second kappa shape index (κ2) is 5.14. The van der Waals surface area contributed by atoms with Crippen LogP contribution in [0.2, 0.25) is 0 Å². The van der Waals surface area contributed by atoms with Gasteiger partial charge in [0, 0.05) is 12.0 Å². The second-order valence-corrected chi connectivity index (χ2v) is 5.67. The number of carbonyl (C=O) groups excluding carboxylic acids is 1. The molecule has 1 heterocycles. The van der Waals surface area contributed by atoms with Crippen molar-refractivity contribution in [1.29, 1.82) is 0 Å². The monoisotopic (exact) mass is 254 g/mol. The lowest BCUT2D eigenvalue weighted by atomic mass is 9.87. The average Bonchev–Trinajstić information content (AvgIpc) is 2.95. The maximum atomic E-state index is 11.9. The summed E-state index contributed by atoms with van der Waals surface area (Å²) in [6.45, 7) is 2.57. The van der Waals surface area contributed by atoms with Crippen LogP contribution in [-0.4, -0.2) is 29.1 Å². The van der Waals surface area contributed by atoms with E-state index >= 15 is 0 Å². The predicted octanol–water partition coefficient (Wildman–Crippen LogP) is 1.73. The number of carbonyl (C=O) groups is 1. The fraction of sp³-hybridized carbons (Fsp3) is 0.667. The summed E-state index contributed by atoms with van der Waals surface area (Å²) in [5.41, 5.74) is 2.37. The van der Waals surface area contributed by atoms with Crippen LogP contribution in [0, 0.1) is 12.3 Å². The third-order valence-electron chi connectivity index (χ3n) is 3.58. The Morgan fingerprint density at radius 3 is 2.82 bits per heavy atom. The third kappa shape index (κ3) is 2.66. The van der Waals surface area contributed by atoms with E-state index in [0.717, 1.165) is 31.4 Å². The largest absolute Gasteiger partial charge is 0.396 e. The molecule has 0 aliphatic heterocycles. The van der Waals surface area contributed by atoms with E-state index < -0.39 is 0 Å². The van der Waals surface area contributed by atoms with Crippen molar-refractivity contribution >= 4 is 17.2 Å². The molecule has 0 atom stereocenters. The molecule has 1 amide bonds.